The Morgan fingerprint density at radius 3 is 2.88 bits per heavy atom. The molecule has 1 unspecified atom stereocenters. The zero-order valence-corrected chi connectivity index (χ0v) is 15.3. The predicted octanol–water partition coefficient (Wildman–Crippen LogP) is 1.86. The number of aromatic nitrogens is 2. The molecule has 1 aromatic rings. The number of nitrogens with zero attached hydrogens (tertiary/aromatic N) is 3. The standard InChI is InChI=1S/C20H25N3O3/c1-2-4-18(24)23-10-3-5-15(13-23)26-20-16-8-11-25-12-9-17(16)21-19(22-20)14-6-7-14/h14-15H,3,5-13H2,1H3. The second-order valence-electron chi connectivity index (χ2n) is 7.21. The number of carbonyl (C=O) groups excluding carboxylic acids is 1. The van der Waals surface area contributed by atoms with Gasteiger partial charge in [-0.2, -0.15) is 4.98 Å². The van der Waals surface area contributed by atoms with E-state index in [0.29, 0.717) is 31.6 Å². The Morgan fingerprint density at radius 1 is 1.23 bits per heavy atom. The molecule has 0 N–H and O–H groups in total. The van der Waals surface area contributed by atoms with Crippen LogP contribution in [0.5, 0.6) is 5.88 Å². The van der Waals surface area contributed by atoms with E-state index in [0.717, 1.165) is 62.2 Å². The summed E-state index contributed by atoms with van der Waals surface area (Å²) in [6.07, 6.45) is 5.74. The molecule has 2 aliphatic heterocycles. The van der Waals surface area contributed by atoms with Crippen LogP contribution in [0.15, 0.2) is 0 Å². The van der Waals surface area contributed by atoms with E-state index < -0.39 is 0 Å². The molecule has 3 aliphatic rings. The van der Waals surface area contributed by atoms with Crippen LogP contribution in [0.4, 0.5) is 0 Å². The predicted molar refractivity (Wildman–Crippen MR) is 95.9 cm³/mol. The molecule has 2 fully saturated rings. The summed E-state index contributed by atoms with van der Waals surface area (Å²) in [6, 6.07) is 0. The molecular formula is C20H25N3O3. The first-order valence-corrected chi connectivity index (χ1v) is 9.60. The maximum Gasteiger partial charge on any atom is 0.298 e. The third kappa shape index (κ3) is 3.83. The number of likely N-dealkylation sites (tertiary alicyclic amines) is 1. The van der Waals surface area contributed by atoms with Gasteiger partial charge in [-0.15, -0.1) is 0 Å². The normalized spacial score (nSPS) is 22.7. The van der Waals surface area contributed by atoms with Gasteiger partial charge < -0.3 is 14.4 Å². The van der Waals surface area contributed by atoms with Gasteiger partial charge in [-0.3, -0.25) is 4.79 Å². The Bertz CT molecular complexity index is 749. The van der Waals surface area contributed by atoms with Crippen molar-refractivity contribution >= 4 is 5.91 Å². The van der Waals surface area contributed by atoms with Gasteiger partial charge in [0.1, 0.15) is 11.9 Å². The van der Waals surface area contributed by atoms with Crippen molar-refractivity contribution in [2.75, 3.05) is 26.3 Å². The summed E-state index contributed by atoms with van der Waals surface area (Å²) in [7, 11) is 0. The molecule has 1 amide bonds. The van der Waals surface area contributed by atoms with E-state index in [-0.39, 0.29) is 12.0 Å². The van der Waals surface area contributed by atoms with Crippen molar-refractivity contribution in [2.45, 2.75) is 57.5 Å². The van der Waals surface area contributed by atoms with Gasteiger partial charge >= 0.3 is 0 Å². The van der Waals surface area contributed by atoms with Gasteiger partial charge in [0, 0.05) is 30.9 Å². The highest BCUT2D eigenvalue weighted by molar-refractivity contribution is 5.93. The van der Waals surface area contributed by atoms with Gasteiger partial charge in [-0.25, -0.2) is 4.98 Å². The fourth-order valence-electron chi connectivity index (χ4n) is 3.61. The van der Waals surface area contributed by atoms with Crippen LogP contribution in [0.25, 0.3) is 0 Å². The molecule has 0 spiro atoms. The molecule has 138 valence electrons. The summed E-state index contributed by atoms with van der Waals surface area (Å²) >= 11 is 0. The van der Waals surface area contributed by atoms with Crippen LogP contribution in [0.2, 0.25) is 0 Å². The van der Waals surface area contributed by atoms with E-state index >= 15 is 0 Å². The summed E-state index contributed by atoms with van der Waals surface area (Å²) in [5.74, 6) is 7.31. The number of amides is 1. The second kappa shape index (κ2) is 7.63. The minimum absolute atomic E-state index is 0.0402. The molecule has 1 aliphatic carbocycles. The lowest BCUT2D eigenvalue weighted by Gasteiger charge is -2.32. The van der Waals surface area contributed by atoms with E-state index in [1.165, 1.54) is 0 Å². The van der Waals surface area contributed by atoms with E-state index in [4.69, 9.17) is 19.4 Å². The first kappa shape index (κ1) is 17.3. The molecule has 1 aromatic heterocycles. The Hall–Kier alpha value is -2.13. The average Bonchev–Trinajstić information content (AvgIpc) is 3.49. The zero-order valence-electron chi connectivity index (χ0n) is 15.3. The van der Waals surface area contributed by atoms with Crippen LogP contribution < -0.4 is 4.74 Å². The van der Waals surface area contributed by atoms with E-state index in [1.54, 1.807) is 11.8 Å². The number of hydrogen-bond donors (Lipinski definition) is 0. The van der Waals surface area contributed by atoms with Gasteiger partial charge in [0.25, 0.3) is 5.91 Å². The molecule has 0 radical (unpaired) electrons. The number of rotatable bonds is 3. The molecule has 6 heteroatoms. The molecule has 26 heavy (non-hydrogen) atoms. The molecule has 4 rings (SSSR count). The number of carbonyl (C=O) groups is 1. The maximum atomic E-state index is 12.1. The fraction of sp³-hybridized carbons (Fsp3) is 0.650. The SMILES string of the molecule is CC#CC(=O)N1CCCC(Oc2nc(C3CC3)nc3c2CCOCC3)C1. The zero-order chi connectivity index (χ0) is 17.9. The van der Waals surface area contributed by atoms with Crippen molar-refractivity contribution < 1.29 is 14.3 Å². The monoisotopic (exact) mass is 355 g/mol. The molecule has 1 saturated heterocycles. The van der Waals surface area contributed by atoms with Crippen LogP contribution >= 0.6 is 0 Å². The maximum absolute atomic E-state index is 12.1. The van der Waals surface area contributed by atoms with Crippen molar-refractivity contribution in [3.05, 3.63) is 17.1 Å². The lowest BCUT2D eigenvalue weighted by Crippen LogP contribution is -2.44. The highest BCUT2D eigenvalue weighted by atomic mass is 16.5. The average molecular weight is 355 g/mol. The molecule has 1 atom stereocenters. The number of hydrogen-bond acceptors (Lipinski definition) is 5. The van der Waals surface area contributed by atoms with Gasteiger partial charge in [0.05, 0.1) is 25.5 Å². The van der Waals surface area contributed by atoms with Crippen LogP contribution in [-0.2, 0) is 22.4 Å². The van der Waals surface area contributed by atoms with Crippen molar-refractivity contribution in [3.63, 3.8) is 0 Å². The Morgan fingerprint density at radius 2 is 2.08 bits per heavy atom. The highest BCUT2D eigenvalue weighted by Gasteiger charge is 2.31. The molecule has 3 heterocycles. The summed E-state index contributed by atoms with van der Waals surface area (Å²) in [5, 5.41) is 0. The molecular weight excluding hydrogens is 330 g/mol. The van der Waals surface area contributed by atoms with E-state index in [9.17, 15) is 4.79 Å². The quantitative estimate of drug-likeness (QED) is 0.775. The minimum Gasteiger partial charge on any atom is -0.472 e. The first-order chi connectivity index (χ1) is 12.7. The van der Waals surface area contributed by atoms with Crippen molar-refractivity contribution in [1.82, 2.24) is 14.9 Å². The number of piperidine rings is 1. The first-order valence-electron chi connectivity index (χ1n) is 9.60. The number of ether oxygens (including phenoxy) is 2. The van der Waals surface area contributed by atoms with Crippen LogP contribution in [0, 0.1) is 11.8 Å². The topological polar surface area (TPSA) is 64.6 Å². The van der Waals surface area contributed by atoms with Gasteiger partial charge in [-0.1, -0.05) is 5.92 Å². The van der Waals surface area contributed by atoms with Crippen LogP contribution in [0.3, 0.4) is 0 Å². The summed E-state index contributed by atoms with van der Waals surface area (Å²) in [6.45, 7) is 4.39. The van der Waals surface area contributed by atoms with E-state index in [2.05, 4.69) is 11.8 Å². The van der Waals surface area contributed by atoms with Gasteiger partial charge in [-0.05, 0) is 38.5 Å². The Labute approximate surface area is 154 Å². The fourth-order valence-corrected chi connectivity index (χ4v) is 3.61. The summed E-state index contributed by atoms with van der Waals surface area (Å²) in [4.78, 5) is 23.4. The second-order valence-corrected chi connectivity index (χ2v) is 7.21. The van der Waals surface area contributed by atoms with Crippen LogP contribution in [-0.4, -0.2) is 53.2 Å². The summed E-state index contributed by atoms with van der Waals surface area (Å²) in [5.41, 5.74) is 2.17. The van der Waals surface area contributed by atoms with Crippen LogP contribution in [0.1, 0.15) is 55.6 Å². The smallest absolute Gasteiger partial charge is 0.298 e. The Balaban J connectivity index is 1.55. The third-order valence-electron chi connectivity index (χ3n) is 5.17. The Kier molecular flexibility index (Phi) is 5.07. The summed E-state index contributed by atoms with van der Waals surface area (Å²) < 4.78 is 12.0. The molecule has 1 saturated carbocycles. The molecule has 0 aromatic carbocycles. The van der Waals surface area contributed by atoms with Crippen molar-refractivity contribution in [3.8, 4) is 17.7 Å². The molecule has 0 bridgehead atoms. The van der Waals surface area contributed by atoms with Crippen molar-refractivity contribution in [2.24, 2.45) is 0 Å². The lowest BCUT2D eigenvalue weighted by atomic mass is 10.1. The minimum atomic E-state index is -0.116. The van der Waals surface area contributed by atoms with Crippen molar-refractivity contribution in [1.29, 1.82) is 0 Å². The molecule has 6 nitrogen and oxygen atoms in total. The highest BCUT2D eigenvalue weighted by Crippen LogP contribution is 2.40. The van der Waals surface area contributed by atoms with E-state index in [1.807, 2.05) is 0 Å². The van der Waals surface area contributed by atoms with Gasteiger partial charge in [0.15, 0.2) is 0 Å². The third-order valence-corrected chi connectivity index (χ3v) is 5.17. The lowest BCUT2D eigenvalue weighted by molar-refractivity contribution is -0.127. The number of fused-ring (bicyclic) bond motifs is 1. The largest absolute Gasteiger partial charge is 0.472 e. The van der Waals surface area contributed by atoms with Gasteiger partial charge in [0.2, 0.25) is 5.88 Å².